The SMILES string of the molecule is CCc1cc(Cn2cnc(CN)c2)n(CC)n1. The summed E-state index contributed by atoms with van der Waals surface area (Å²) in [6.45, 7) is 6.41. The number of nitrogens with two attached hydrogens (primary N) is 1. The van der Waals surface area contributed by atoms with Gasteiger partial charge >= 0.3 is 0 Å². The maximum Gasteiger partial charge on any atom is 0.0953 e. The first kappa shape index (κ1) is 11.9. The van der Waals surface area contributed by atoms with Gasteiger partial charge < -0.3 is 10.3 Å². The number of hydrogen-bond acceptors (Lipinski definition) is 3. The Balaban J connectivity index is 2.19. The molecule has 0 atom stereocenters. The van der Waals surface area contributed by atoms with Crippen molar-refractivity contribution < 1.29 is 0 Å². The van der Waals surface area contributed by atoms with E-state index < -0.39 is 0 Å². The van der Waals surface area contributed by atoms with Gasteiger partial charge in [0.25, 0.3) is 0 Å². The normalized spacial score (nSPS) is 11.0. The van der Waals surface area contributed by atoms with Gasteiger partial charge in [0.15, 0.2) is 0 Å². The van der Waals surface area contributed by atoms with Crippen molar-refractivity contribution >= 4 is 0 Å². The largest absolute Gasteiger partial charge is 0.331 e. The zero-order valence-corrected chi connectivity index (χ0v) is 10.4. The van der Waals surface area contributed by atoms with Gasteiger partial charge in [-0.1, -0.05) is 6.92 Å². The highest BCUT2D eigenvalue weighted by atomic mass is 15.3. The van der Waals surface area contributed by atoms with E-state index in [2.05, 4.69) is 30.0 Å². The number of rotatable bonds is 5. The monoisotopic (exact) mass is 233 g/mol. The van der Waals surface area contributed by atoms with Gasteiger partial charge in [0, 0.05) is 19.3 Å². The second-order valence-electron chi connectivity index (χ2n) is 4.04. The molecule has 0 unspecified atom stereocenters. The molecule has 0 saturated carbocycles. The first-order valence-corrected chi connectivity index (χ1v) is 6.03. The highest BCUT2D eigenvalue weighted by molar-refractivity contribution is 5.11. The molecule has 17 heavy (non-hydrogen) atoms. The van der Waals surface area contributed by atoms with Crippen molar-refractivity contribution in [3.8, 4) is 0 Å². The molecule has 2 heterocycles. The number of hydrogen-bond donors (Lipinski definition) is 1. The van der Waals surface area contributed by atoms with Gasteiger partial charge in [-0.05, 0) is 19.4 Å². The van der Waals surface area contributed by atoms with Gasteiger partial charge in [0.2, 0.25) is 0 Å². The second kappa shape index (κ2) is 5.14. The van der Waals surface area contributed by atoms with E-state index in [4.69, 9.17) is 5.73 Å². The summed E-state index contributed by atoms with van der Waals surface area (Å²) in [7, 11) is 0. The van der Waals surface area contributed by atoms with Crippen LogP contribution in [0.4, 0.5) is 0 Å². The van der Waals surface area contributed by atoms with Crippen LogP contribution in [0.15, 0.2) is 18.6 Å². The molecule has 0 aromatic carbocycles. The third-order valence-corrected chi connectivity index (χ3v) is 2.82. The minimum Gasteiger partial charge on any atom is -0.331 e. The first-order chi connectivity index (χ1) is 8.26. The molecule has 0 aliphatic rings. The van der Waals surface area contributed by atoms with E-state index in [-0.39, 0.29) is 0 Å². The van der Waals surface area contributed by atoms with E-state index >= 15 is 0 Å². The molecule has 0 aliphatic heterocycles. The lowest BCUT2D eigenvalue weighted by molar-refractivity contribution is 0.594. The third kappa shape index (κ3) is 2.55. The van der Waals surface area contributed by atoms with E-state index in [1.54, 1.807) is 0 Å². The van der Waals surface area contributed by atoms with Crippen LogP contribution in [-0.2, 0) is 26.1 Å². The molecule has 0 amide bonds. The number of nitrogens with zero attached hydrogens (tertiary/aromatic N) is 4. The van der Waals surface area contributed by atoms with Gasteiger partial charge in [-0.15, -0.1) is 0 Å². The number of imidazole rings is 1. The van der Waals surface area contributed by atoms with Crippen LogP contribution < -0.4 is 5.73 Å². The minimum atomic E-state index is 0.486. The van der Waals surface area contributed by atoms with Crippen LogP contribution >= 0.6 is 0 Å². The smallest absolute Gasteiger partial charge is 0.0953 e. The molecular formula is C12H19N5. The topological polar surface area (TPSA) is 61.7 Å². The average molecular weight is 233 g/mol. The Morgan fingerprint density at radius 3 is 2.71 bits per heavy atom. The van der Waals surface area contributed by atoms with Crippen LogP contribution in [-0.4, -0.2) is 19.3 Å². The van der Waals surface area contributed by atoms with Crippen LogP contribution in [0.5, 0.6) is 0 Å². The van der Waals surface area contributed by atoms with Gasteiger partial charge in [-0.25, -0.2) is 4.98 Å². The second-order valence-corrected chi connectivity index (χ2v) is 4.04. The van der Waals surface area contributed by atoms with Crippen LogP contribution in [0.2, 0.25) is 0 Å². The fourth-order valence-electron chi connectivity index (χ4n) is 1.87. The summed E-state index contributed by atoms with van der Waals surface area (Å²) in [5.41, 5.74) is 8.82. The summed E-state index contributed by atoms with van der Waals surface area (Å²) >= 11 is 0. The fourth-order valence-corrected chi connectivity index (χ4v) is 1.87. The molecule has 0 radical (unpaired) electrons. The molecule has 2 aromatic heterocycles. The summed E-state index contributed by atoms with van der Waals surface area (Å²) < 4.78 is 4.09. The maximum absolute atomic E-state index is 5.54. The van der Waals surface area contributed by atoms with Crippen LogP contribution in [0.1, 0.15) is 30.9 Å². The van der Waals surface area contributed by atoms with E-state index in [1.165, 1.54) is 5.69 Å². The zero-order chi connectivity index (χ0) is 12.3. The highest BCUT2D eigenvalue weighted by Crippen LogP contribution is 2.08. The van der Waals surface area contributed by atoms with Crippen LogP contribution in [0, 0.1) is 0 Å². The quantitative estimate of drug-likeness (QED) is 0.843. The lowest BCUT2D eigenvalue weighted by Crippen LogP contribution is -2.06. The fraction of sp³-hybridized carbons (Fsp3) is 0.500. The third-order valence-electron chi connectivity index (χ3n) is 2.82. The standard InChI is InChI=1S/C12H19N5/c1-3-10-5-12(17(4-2)15-10)8-16-7-11(6-13)14-9-16/h5,7,9H,3-4,6,8,13H2,1-2H3. The Labute approximate surface area is 101 Å². The highest BCUT2D eigenvalue weighted by Gasteiger charge is 2.06. The lowest BCUT2D eigenvalue weighted by Gasteiger charge is -2.04. The molecule has 0 bridgehead atoms. The molecule has 92 valence electrons. The predicted molar refractivity (Wildman–Crippen MR) is 66.5 cm³/mol. The summed E-state index contributed by atoms with van der Waals surface area (Å²) in [5.74, 6) is 0. The maximum atomic E-state index is 5.54. The first-order valence-electron chi connectivity index (χ1n) is 6.03. The number of aryl methyl sites for hydroxylation is 2. The summed E-state index contributed by atoms with van der Waals surface area (Å²) in [6.07, 6.45) is 4.78. The predicted octanol–water partition coefficient (Wildman–Crippen LogP) is 1.17. The van der Waals surface area contributed by atoms with Gasteiger partial charge in [0.1, 0.15) is 0 Å². The molecule has 0 fully saturated rings. The van der Waals surface area contributed by atoms with Crippen LogP contribution in [0.25, 0.3) is 0 Å². The molecule has 0 saturated heterocycles. The van der Waals surface area contributed by atoms with Crippen molar-refractivity contribution in [2.45, 2.75) is 39.9 Å². The Kier molecular flexibility index (Phi) is 3.58. The Hall–Kier alpha value is -1.62. The molecule has 5 heteroatoms. The minimum absolute atomic E-state index is 0.486. The summed E-state index contributed by atoms with van der Waals surface area (Å²) in [5, 5.41) is 4.53. The Morgan fingerprint density at radius 1 is 1.29 bits per heavy atom. The molecule has 5 nitrogen and oxygen atoms in total. The summed E-state index contributed by atoms with van der Waals surface area (Å²) in [6, 6.07) is 2.16. The van der Waals surface area contributed by atoms with E-state index in [0.29, 0.717) is 6.54 Å². The van der Waals surface area contributed by atoms with Crippen molar-refractivity contribution in [3.05, 3.63) is 35.7 Å². The van der Waals surface area contributed by atoms with Crippen LogP contribution in [0.3, 0.4) is 0 Å². The molecule has 0 spiro atoms. The van der Waals surface area contributed by atoms with Crippen molar-refractivity contribution in [2.24, 2.45) is 5.73 Å². The van der Waals surface area contributed by atoms with Gasteiger partial charge in [0.05, 0.1) is 30.0 Å². The van der Waals surface area contributed by atoms with E-state index in [9.17, 15) is 0 Å². The van der Waals surface area contributed by atoms with Gasteiger partial charge in [-0.2, -0.15) is 5.10 Å². The molecule has 2 aromatic rings. The molecule has 2 rings (SSSR count). The Bertz CT molecular complexity index is 483. The number of aromatic nitrogens is 4. The lowest BCUT2D eigenvalue weighted by atomic mass is 10.3. The van der Waals surface area contributed by atoms with Crippen molar-refractivity contribution in [1.82, 2.24) is 19.3 Å². The molecule has 0 aliphatic carbocycles. The Morgan fingerprint density at radius 2 is 2.12 bits per heavy atom. The van der Waals surface area contributed by atoms with Crippen molar-refractivity contribution in [3.63, 3.8) is 0 Å². The van der Waals surface area contributed by atoms with Crippen molar-refractivity contribution in [1.29, 1.82) is 0 Å². The molecule has 2 N–H and O–H groups in total. The van der Waals surface area contributed by atoms with Gasteiger partial charge in [-0.3, -0.25) is 4.68 Å². The molecular weight excluding hydrogens is 214 g/mol. The van der Waals surface area contributed by atoms with E-state index in [0.717, 1.165) is 30.9 Å². The summed E-state index contributed by atoms with van der Waals surface area (Å²) in [4.78, 5) is 4.22. The average Bonchev–Trinajstić information content (AvgIpc) is 2.95. The van der Waals surface area contributed by atoms with E-state index in [1.807, 2.05) is 21.8 Å². The van der Waals surface area contributed by atoms with Crippen molar-refractivity contribution in [2.75, 3.05) is 0 Å². The zero-order valence-electron chi connectivity index (χ0n) is 10.4.